The van der Waals surface area contributed by atoms with Crippen LogP contribution in [0.15, 0.2) is 42.0 Å². The van der Waals surface area contributed by atoms with Gasteiger partial charge >= 0.3 is 0 Å². The molecule has 0 aliphatic heterocycles. The molecule has 0 bridgehead atoms. The fourth-order valence-electron chi connectivity index (χ4n) is 2.60. The lowest BCUT2D eigenvalue weighted by Crippen LogP contribution is -2.15. The molecule has 0 saturated heterocycles. The lowest BCUT2D eigenvalue weighted by atomic mass is 10.1. The van der Waals surface area contributed by atoms with Crippen molar-refractivity contribution in [1.82, 2.24) is 9.97 Å². The fourth-order valence-corrected chi connectivity index (χ4v) is 4.25. The lowest BCUT2D eigenvalue weighted by molar-refractivity contribution is 0.101. The highest BCUT2D eigenvalue weighted by Crippen LogP contribution is 2.34. The van der Waals surface area contributed by atoms with Gasteiger partial charge in [-0.05, 0) is 42.3 Å². The van der Waals surface area contributed by atoms with Crippen LogP contribution in [0.25, 0.3) is 20.7 Å². The second-order valence-corrected chi connectivity index (χ2v) is 7.48. The number of thiazole rings is 2. The monoisotopic (exact) mass is 387 g/mol. The Morgan fingerprint density at radius 3 is 2.69 bits per heavy atom. The summed E-state index contributed by atoms with van der Waals surface area (Å²) in [7, 11) is 0. The van der Waals surface area contributed by atoms with Crippen LogP contribution in [0.2, 0.25) is 0 Å². The van der Waals surface area contributed by atoms with E-state index in [0.29, 0.717) is 0 Å². The zero-order chi connectivity index (χ0) is 18.3. The molecule has 0 fully saturated rings. The molecule has 0 atom stereocenters. The SMILES string of the molecule is Cc1cc2scnc2cc1-c1cnc(NC(=O)c2c(F)cccc2F)s1. The highest BCUT2D eigenvalue weighted by molar-refractivity contribution is 7.19. The number of nitrogens with one attached hydrogen (secondary N) is 1. The average molecular weight is 387 g/mol. The molecular formula is C18H11F2N3OS2. The number of aromatic nitrogens is 2. The topological polar surface area (TPSA) is 54.9 Å². The van der Waals surface area contributed by atoms with E-state index in [1.54, 1.807) is 23.0 Å². The highest BCUT2D eigenvalue weighted by atomic mass is 32.1. The van der Waals surface area contributed by atoms with Gasteiger partial charge in [-0.15, -0.1) is 11.3 Å². The summed E-state index contributed by atoms with van der Waals surface area (Å²) in [6.07, 6.45) is 1.62. The molecule has 2 aromatic heterocycles. The summed E-state index contributed by atoms with van der Waals surface area (Å²) in [6.45, 7) is 1.99. The third kappa shape index (κ3) is 2.97. The third-order valence-corrected chi connectivity index (χ3v) is 5.60. The van der Waals surface area contributed by atoms with Gasteiger partial charge in [0.2, 0.25) is 0 Å². The molecule has 4 rings (SSSR count). The van der Waals surface area contributed by atoms with Gasteiger partial charge in [-0.2, -0.15) is 0 Å². The van der Waals surface area contributed by atoms with Crippen molar-refractivity contribution in [2.75, 3.05) is 5.32 Å². The van der Waals surface area contributed by atoms with E-state index in [1.165, 1.54) is 17.4 Å². The summed E-state index contributed by atoms with van der Waals surface area (Å²) in [4.78, 5) is 21.5. The number of aryl methyl sites for hydroxylation is 1. The first-order valence-corrected chi connectivity index (χ1v) is 9.28. The van der Waals surface area contributed by atoms with Crippen molar-refractivity contribution < 1.29 is 13.6 Å². The van der Waals surface area contributed by atoms with E-state index >= 15 is 0 Å². The Morgan fingerprint density at radius 1 is 1.15 bits per heavy atom. The summed E-state index contributed by atoms with van der Waals surface area (Å²) < 4.78 is 28.5. The van der Waals surface area contributed by atoms with Crippen molar-refractivity contribution in [2.24, 2.45) is 0 Å². The van der Waals surface area contributed by atoms with Crippen molar-refractivity contribution in [3.63, 3.8) is 0 Å². The van der Waals surface area contributed by atoms with Crippen molar-refractivity contribution in [1.29, 1.82) is 0 Å². The van der Waals surface area contributed by atoms with E-state index in [1.807, 2.05) is 13.0 Å². The Balaban J connectivity index is 1.63. The molecule has 26 heavy (non-hydrogen) atoms. The van der Waals surface area contributed by atoms with E-state index in [4.69, 9.17) is 0 Å². The van der Waals surface area contributed by atoms with Crippen LogP contribution in [-0.4, -0.2) is 15.9 Å². The molecule has 2 heterocycles. The van der Waals surface area contributed by atoms with Gasteiger partial charge < -0.3 is 0 Å². The predicted octanol–water partition coefficient (Wildman–Crippen LogP) is 5.26. The van der Waals surface area contributed by atoms with Gasteiger partial charge in [0, 0.05) is 6.20 Å². The quantitative estimate of drug-likeness (QED) is 0.522. The maximum atomic E-state index is 13.7. The molecule has 0 saturated carbocycles. The minimum Gasteiger partial charge on any atom is -0.298 e. The van der Waals surface area contributed by atoms with Gasteiger partial charge in [-0.1, -0.05) is 17.4 Å². The molecule has 0 aliphatic carbocycles. The molecule has 130 valence electrons. The summed E-state index contributed by atoms with van der Waals surface area (Å²) in [5, 5.41) is 2.73. The van der Waals surface area contributed by atoms with Crippen LogP contribution in [0.5, 0.6) is 0 Å². The molecule has 0 unspecified atom stereocenters. The van der Waals surface area contributed by atoms with Gasteiger partial charge in [-0.25, -0.2) is 18.7 Å². The molecule has 4 nitrogen and oxygen atoms in total. The van der Waals surface area contributed by atoms with Crippen LogP contribution in [-0.2, 0) is 0 Å². The third-order valence-electron chi connectivity index (χ3n) is 3.86. The first kappa shape index (κ1) is 16.7. The molecule has 0 radical (unpaired) electrons. The van der Waals surface area contributed by atoms with E-state index < -0.39 is 23.1 Å². The summed E-state index contributed by atoms with van der Waals surface area (Å²) in [5.74, 6) is -2.69. The largest absolute Gasteiger partial charge is 0.298 e. The molecule has 2 aromatic carbocycles. The Kier molecular flexibility index (Phi) is 4.21. The minimum absolute atomic E-state index is 0.269. The molecular weight excluding hydrogens is 376 g/mol. The molecule has 0 aliphatic rings. The van der Waals surface area contributed by atoms with E-state index in [-0.39, 0.29) is 5.13 Å². The minimum atomic E-state index is -0.913. The maximum absolute atomic E-state index is 13.7. The van der Waals surface area contributed by atoms with Crippen LogP contribution >= 0.6 is 22.7 Å². The second-order valence-electron chi connectivity index (χ2n) is 5.57. The maximum Gasteiger partial charge on any atom is 0.263 e. The van der Waals surface area contributed by atoms with Crippen LogP contribution in [0, 0.1) is 18.6 Å². The zero-order valence-corrected chi connectivity index (χ0v) is 15.0. The number of fused-ring (bicyclic) bond motifs is 1. The van der Waals surface area contributed by atoms with E-state index in [2.05, 4.69) is 21.4 Å². The fraction of sp³-hybridized carbons (Fsp3) is 0.0556. The van der Waals surface area contributed by atoms with Gasteiger partial charge in [0.05, 0.1) is 20.6 Å². The van der Waals surface area contributed by atoms with Crippen LogP contribution in [0.1, 0.15) is 15.9 Å². The zero-order valence-electron chi connectivity index (χ0n) is 13.4. The molecule has 0 spiro atoms. The van der Waals surface area contributed by atoms with Crippen molar-refractivity contribution in [2.45, 2.75) is 6.92 Å². The molecule has 8 heteroatoms. The summed E-state index contributed by atoms with van der Waals surface area (Å²) in [5.41, 5.74) is 4.07. The van der Waals surface area contributed by atoms with Crippen molar-refractivity contribution in [3.8, 4) is 10.4 Å². The number of amides is 1. The lowest BCUT2D eigenvalue weighted by Gasteiger charge is -2.04. The highest BCUT2D eigenvalue weighted by Gasteiger charge is 2.18. The van der Waals surface area contributed by atoms with Gasteiger partial charge in [0.1, 0.15) is 17.2 Å². The number of rotatable bonds is 3. The number of anilines is 1. The van der Waals surface area contributed by atoms with Crippen molar-refractivity contribution in [3.05, 3.63) is 64.8 Å². The number of benzene rings is 2. The van der Waals surface area contributed by atoms with Crippen LogP contribution < -0.4 is 5.32 Å². The van der Waals surface area contributed by atoms with Gasteiger partial charge in [0.15, 0.2) is 5.13 Å². The number of carbonyl (C=O) groups excluding carboxylic acids is 1. The Labute approximate surface area is 155 Å². The van der Waals surface area contributed by atoms with E-state index in [9.17, 15) is 13.6 Å². The first-order chi connectivity index (χ1) is 12.5. The number of hydrogen-bond acceptors (Lipinski definition) is 5. The summed E-state index contributed by atoms with van der Waals surface area (Å²) in [6, 6.07) is 7.31. The van der Waals surface area contributed by atoms with E-state index in [0.717, 1.165) is 38.4 Å². The number of carbonyl (C=O) groups is 1. The summed E-state index contributed by atoms with van der Waals surface area (Å²) >= 11 is 2.80. The molecule has 1 N–H and O–H groups in total. The number of halogens is 2. The first-order valence-electron chi connectivity index (χ1n) is 7.58. The molecule has 1 amide bonds. The van der Waals surface area contributed by atoms with Crippen molar-refractivity contribution >= 4 is 43.9 Å². The standard InChI is InChI=1S/C18H11F2N3OS2/c1-9-5-14-13(22-8-25-14)6-10(9)15-7-21-18(26-15)23-17(24)16-11(19)3-2-4-12(16)20/h2-8H,1H3,(H,21,23,24). The second kappa shape index (κ2) is 6.54. The number of hydrogen-bond donors (Lipinski definition) is 1. The van der Waals surface area contributed by atoms with Crippen LogP contribution in [0.4, 0.5) is 13.9 Å². The molecule has 4 aromatic rings. The Hall–Kier alpha value is -2.71. The number of nitrogens with zero attached hydrogens (tertiary/aromatic N) is 2. The Bertz CT molecular complexity index is 1120. The normalized spacial score (nSPS) is 11.0. The predicted molar refractivity (Wildman–Crippen MR) is 99.8 cm³/mol. The Morgan fingerprint density at radius 2 is 1.92 bits per heavy atom. The van der Waals surface area contributed by atoms with Gasteiger partial charge in [-0.3, -0.25) is 10.1 Å². The van der Waals surface area contributed by atoms with Crippen LogP contribution in [0.3, 0.4) is 0 Å². The average Bonchev–Trinajstić information content (AvgIpc) is 3.22. The smallest absolute Gasteiger partial charge is 0.263 e. The van der Waals surface area contributed by atoms with Gasteiger partial charge in [0.25, 0.3) is 5.91 Å².